The minimum atomic E-state index is -0.711. The molecule has 1 aliphatic rings. The first-order valence-electron chi connectivity index (χ1n) is 13.1. The molecule has 5 rings (SSSR count). The van der Waals surface area contributed by atoms with E-state index in [2.05, 4.69) is 11.9 Å². The number of unbranched alkanes of at least 4 members (excludes halogenated alkanes) is 2. The van der Waals surface area contributed by atoms with Gasteiger partial charge in [-0.3, -0.25) is 14.5 Å². The molecular weight excluding hydrogens is 500 g/mol. The summed E-state index contributed by atoms with van der Waals surface area (Å²) in [6.07, 6.45) is 3.16. The van der Waals surface area contributed by atoms with Crippen molar-refractivity contribution in [1.29, 1.82) is 0 Å². The van der Waals surface area contributed by atoms with Gasteiger partial charge in [-0.2, -0.15) is 0 Å². The molecule has 0 spiro atoms. The SMILES string of the molecule is CCCCCOc1ccc(C2c3c(oc4ccc(C)cc4c3=O)C(=O)N2c2nc(C)c(C)s2)cc1OCC. The predicted molar refractivity (Wildman–Crippen MR) is 150 cm³/mol. The summed E-state index contributed by atoms with van der Waals surface area (Å²) in [4.78, 5) is 35.0. The van der Waals surface area contributed by atoms with E-state index in [0.29, 0.717) is 46.4 Å². The van der Waals surface area contributed by atoms with E-state index >= 15 is 0 Å². The first-order chi connectivity index (χ1) is 18.3. The van der Waals surface area contributed by atoms with Crippen LogP contribution in [0.3, 0.4) is 0 Å². The van der Waals surface area contributed by atoms with Crippen molar-refractivity contribution in [1.82, 2.24) is 4.98 Å². The molecule has 3 heterocycles. The Kier molecular flexibility index (Phi) is 7.25. The Morgan fingerprint density at radius 3 is 2.53 bits per heavy atom. The van der Waals surface area contributed by atoms with Gasteiger partial charge in [0.05, 0.1) is 35.9 Å². The molecule has 198 valence electrons. The van der Waals surface area contributed by atoms with Gasteiger partial charge >= 0.3 is 0 Å². The summed E-state index contributed by atoms with van der Waals surface area (Å²) in [5.41, 5.74) is 3.01. The van der Waals surface area contributed by atoms with Crippen molar-refractivity contribution < 1.29 is 18.7 Å². The quantitative estimate of drug-likeness (QED) is 0.218. The highest BCUT2D eigenvalue weighted by Gasteiger charge is 2.45. The summed E-state index contributed by atoms with van der Waals surface area (Å²) in [6.45, 7) is 10.9. The fourth-order valence-corrected chi connectivity index (χ4v) is 5.71. The van der Waals surface area contributed by atoms with E-state index in [1.54, 1.807) is 11.0 Å². The Morgan fingerprint density at radius 1 is 1.00 bits per heavy atom. The number of nitrogens with zero attached hydrogens (tertiary/aromatic N) is 2. The molecule has 0 radical (unpaired) electrons. The largest absolute Gasteiger partial charge is 0.490 e. The van der Waals surface area contributed by atoms with Gasteiger partial charge in [-0.1, -0.05) is 37.5 Å². The zero-order valence-corrected chi connectivity index (χ0v) is 23.2. The number of aryl methyl sites for hydroxylation is 3. The van der Waals surface area contributed by atoms with Crippen LogP contribution in [0.1, 0.15) is 77.0 Å². The van der Waals surface area contributed by atoms with E-state index in [9.17, 15) is 9.59 Å². The van der Waals surface area contributed by atoms with Gasteiger partial charge in [0.15, 0.2) is 22.1 Å². The Hall–Kier alpha value is -3.65. The Balaban J connectivity index is 1.68. The summed E-state index contributed by atoms with van der Waals surface area (Å²) >= 11 is 1.42. The van der Waals surface area contributed by atoms with Crippen LogP contribution in [0, 0.1) is 20.8 Å². The van der Waals surface area contributed by atoms with E-state index in [-0.39, 0.29) is 17.1 Å². The number of amides is 1. The first-order valence-corrected chi connectivity index (χ1v) is 13.9. The molecular formula is C30H32N2O5S. The maximum atomic E-state index is 13.9. The van der Waals surface area contributed by atoms with Gasteiger partial charge < -0.3 is 13.9 Å². The molecule has 8 heteroatoms. The second-order valence-electron chi connectivity index (χ2n) is 9.58. The van der Waals surface area contributed by atoms with Crippen LogP contribution in [0.25, 0.3) is 11.0 Å². The molecule has 2 aromatic heterocycles. The van der Waals surface area contributed by atoms with Crippen molar-refractivity contribution in [2.45, 2.75) is 59.9 Å². The summed E-state index contributed by atoms with van der Waals surface area (Å²) < 4.78 is 18.1. The molecule has 7 nitrogen and oxygen atoms in total. The van der Waals surface area contributed by atoms with Gasteiger partial charge in [-0.15, -0.1) is 11.3 Å². The molecule has 1 atom stereocenters. The second-order valence-corrected chi connectivity index (χ2v) is 10.8. The summed E-state index contributed by atoms with van der Waals surface area (Å²) in [5, 5.41) is 0.981. The minimum absolute atomic E-state index is 0.0553. The third-order valence-corrected chi connectivity index (χ3v) is 7.91. The van der Waals surface area contributed by atoms with Crippen LogP contribution >= 0.6 is 11.3 Å². The maximum Gasteiger partial charge on any atom is 0.297 e. The van der Waals surface area contributed by atoms with Gasteiger partial charge in [-0.25, -0.2) is 4.98 Å². The number of hydrogen-bond donors (Lipinski definition) is 0. The molecule has 1 amide bonds. The average molecular weight is 533 g/mol. The normalized spacial score (nSPS) is 14.8. The summed E-state index contributed by atoms with van der Waals surface area (Å²) in [7, 11) is 0. The number of carbonyl (C=O) groups is 1. The topological polar surface area (TPSA) is 81.9 Å². The van der Waals surface area contributed by atoms with Crippen molar-refractivity contribution in [2.24, 2.45) is 0 Å². The van der Waals surface area contributed by atoms with Gasteiger partial charge in [0, 0.05) is 4.88 Å². The zero-order valence-electron chi connectivity index (χ0n) is 22.4. The third kappa shape index (κ3) is 4.58. The molecule has 1 aliphatic heterocycles. The first kappa shape index (κ1) is 26.0. The van der Waals surface area contributed by atoms with Crippen molar-refractivity contribution in [3.05, 3.63) is 79.6 Å². The van der Waals surface area contributed by atoms with E-state index < -0.39 is 6.04 Å². The monoisotopic (exact) mass is 532 g/mol. The highest BCUT2D eigenvalue weighted by atomic mass is 32.1. The number of thiazole rings is 1. The fourth-order valence-electron chi connectivity index (χ4n) is 4.77. The van der Waals surface area contributed by atoms with Gasteiger partial charge in [0.25, 0.3) is 5.91 Å². The van der Waals surface area contributed by atoms with Crippen LogP contribution in [-0.2, 0) is 0 Å². The van der Waals surface area contributed by atoms with Crippen LogP contribution in [0.15, 0.2) is 45.6 Å². The lowest BCUT2D eigenvalue weighted by Crippen LogP contribution is -2.29. The summed E-state index contributed by atoms with van der Waals surface area (Å²) in [5.74, 6) is 0.899. The molecule has 38 heavy (non-hydrogen) atoms. The number of ether oxygens (including phenoxy) is 2. The molecule has 4 aromatic rings. The highest BCUT2D eigenvalue weighted by Crippen LogP contribution is 2.44. The molecule has 0 fully saturated rings. The van der Waals surface area contributed by atoms with Crippen LogP contribution in [0.4, 0.5) is 5.13 Å². The molecule has 2 aromatic carbocycles. The number of carbonyl (C=O) groups excluding carboxylic acids is 1. The lowest BCUT2D eigenvalue weighted by molar-refractivity contribution is 0.0971. The van der Waals surface area contributed by atoms with Crippen molar-refractivity contribution in [3.63, 3.8) is 0 Å². The third-order valence-electron chi connectivity index (χ3n) is 6.84. The molecule has 0 aliphatic carbocycles. The van der Waals surface area contributed by atoms with Gasteiger partial charge in [0.1, 0.15) is 5.58 Å². The molecule has 1 unspecified atom stereocenters. The molecule has 0 bridgehead atoms. The van der Waals surface area contributed by atoms with Gasteiger partial charge in [-0.05, 0) is 63.9 Å². The maximum absolute atomic E-state index is 13.9. The Morgan fingerprint density at radius 2 is 1.82 bits per heavy atom. The zero-order chi connectivity index (χ0) is 27.0. The Labute approximate surface area is 226 Å². The second kappa shape index (κ2) is 10.6. The predicted octanol–water partition coefficient (Wildman–Crippen LogP) is 6.89. The average Bonchev–Trinajstić information content (AvgIpc) is 3.38. The molecule has 0 saturated carbocycles. The van der Waals surface area contributed by atoms with Crippen LogP contribution in [-0.4, -0.2) is 24.1 Å². The van der Waals surface area contributed by atoms with E-state index in [4.69, 9.17) is 13.9 Å². The number of rotatable bonds is 9. The van der Waals surface area contributed by atoms with Crippen molar-refractivity contribution in [2.75, 3.05) is 18.1 Å². The van der Waals surface area contributed by atoms with Crippen molar-refractivity contribution >= 4 is 33.3 Å². The van der Waals surface area contributed by atoms with Crippen LogP contribution in [0.2, 0.25) is 0 Å². The highest BCUT2D eigenvalue weighted by molar-refractivity contribution is 7.15. The Bertz CT molecular complexity index is 1550. The number of aromatic nitrogens is 1. The number of fused-ring (bicyclic) bond motifs is 2. The van der Waals surface area contributed by atoms with Crippen LogP contribution < -0.4 is 19.8 Å². The fraction of sp³-hybridized carbons (Fsp3) is 0.367. The van der Waals surface area contributed by atoms with E-state index in [1.807, 2.05) is 58.0 Å². The van der Waals surface area contributed by atoms with E-state index in [1.165, 1.54) is 11.3 Å². The standard InChI is InChI=1S/C30H32N2O5S/c1-6-8-9-14-36-23-13-11-20(16-24(23)35-7-2)26-25-27(33)21-15-17(3)10-12-22(21)37-28(25)29(34)32(26)30-31-18(4)19(5)38-30/h10-13,15-16,26H,6-9,14H2,1-5H3. The lowest BCUT2D eigenvalue weighted by Gasteiger charge is -2.23. The van der Waals surface area contributed by atoms with E-state index in [0.717, 1.165) is 41.0 Å². The number of hydrogen-bond acceptors (Lipinski definition) is 7. The van der Waals surface area contributed by atoms with Crippen molar-refractivity contribution in [3.8, 4) is 11.5 Å². The molecule has 0 saturated heterocycles. The van der Waals surface area contributed by atoms with Crippen LogP contribution in [0.5, 0.6) is 11.5 Å². The van der Waals surface area contributed by atoms with Gasteiger partial charge in [0.2, 0.25) is 5.76 Å². The lowest BCUT2D eigenvalue weighted by atomic mass is 9.98. The molecule has 0 N–H and O–H groups in total. The summed E-state index contributed by atoms with van der Waals surface area (Å²) in [6, 6.07) is 10.3. The smallest absolute Gasteiger partial charge is 0.297 e. The minimum Gasteiger partial charge on any atom is -0.490 e. The number of benzene rings is 2. The number of anilines is 1.